The van der Waals surface area contributed by atoms with Crippen LogP contribution in [0.2, 0.25) is 0 Å². The summed E-state index contributed by atoms with van der Waals surface area (Å²) in [5.41, 5.74) is 0. The maximum Gasteiger partial charge on any atom is 0.162 e. The SMILES string of the molecule is CCC(=O)C(C)S(=O)c1ccc2c(c1)OCCCO2. The molecule has 5 heteroatoms. The van der Waals surface area contributed by atoms with Gasteiger partial charge in [0.2, 0.25) is 0 Å². The van der Waals surface area contributed by atoms with Crippen LogP contribution in [-0.2, 0) is 15.6 Å². The van der Waals surface area contributed by atoms with Crippen LogP contribution < -0.4 is 9.47 Å². The normalized spacial score (nSPS) is 17.4. The number of hydrogen-bond donors (Lipinski definition) is 0. The van der Waals surface area contributed by atoms with Gasteiger partial charge in [0.1, 0.15) is 5.78 Å². The molecule has 0 bridgehead atoms. The van der Waals surface area contributed by atoms with Gasteiger partial charge in [-0.3, -0.25) is 9.00 Å². The van der Waals surface area contributed by atoms with E-state index >= 15 is 0 Å². The lowest BCUT2D eigenvalue weighted by atomic mass is 10.2. The molecule has 0 spiro atoms. The summed E-state index contributed by atoms with van der Waals surface area (Å²) >= 11 is 0. The van der Waals surface area contributed by atoms with Crippen LogP contribution in [0.3, 0.4) is 0 Å². The number of benzene rings is 1. The molecule has 2 rings (SSSR count). The molecular formula is C14H18O4S. The zero-order valence-corrected chi connectivity index (χ0v) is 12.0. The van der Waals surface area contributed by atoms with Crippen LogP contribution in [0.15, 0.2) is 23.1 Å². The fraction of sp³-hybridized carbons (Fsp3) is 0.500. The van der Waals surface area contributed by atoms with E-state index in [1.54, 1.807) is 32.0 Å². The van der Waals surface area contributed by atoms with Crippen LogP contribution in [0.4, 0.5) is 0 Å². The second-order valence-electron chi connectivity index (χ2n) is 4.42. The molecule has 1 aliphatic rings. The number of hydrogen-bond acceptors (Lipinski definition) is 4. The summed E-state index contributed by atoms with van der Waals surface area (Å²) in [4.78, 5) is 12.2. The lowest BCUT2D eigenvalue weighted by molar-refractivity contribution is -0.118. The van der Waals surface area contributed by atoms with Crippen LogP contribution in [0.25, 0.3) is 0 Å². The molecule has 1 aromatic rings. The first kappa shape index (κ1) is 14.1. The third kappa shape index (κ3) is 3.15. The summed E-state index contributed by atoms with van der Waals surface area (Å²) in [7, 11) is -1.35. The van der Waals surface area contributed by atoms with E-state index in [9.17, 15) is 9.00 Å². The molecule has 0 amide bonds. The van der Waals surface area contributed by atoms with E-state index in [0.29, 0.717) is 36.0 Å². The van der Waals surface area contributed by atoms with E-state index in [0.717, 1.165) is 6.42 Å². The fourth-order valence-corrected chi connectivity index (χ4v) is 3.12. The number of ether oxygens (including phenoxy) is 2. The van der Waals surface area contributed by atoms with Crippen LogP contribution in [-0.4, -0.2) is 28.5 Å². The third-order valence-electron chi connectivity index (χ3n) is 3.07. The van der Waals surface area contributed by atoms with Crippen LogP contribution in [0.5, 0.6) is 11.5 Å². The van der Waals surface area contributed by atoms with Gasteiger partial charge in [-0.15, -0.1) is 0 Å². The zero-order valence-electron chi connectivity index (χ0n) is 11.2. The van der Waals surface area contributed by atoms with Gasteiger partial charge in [-0.1, -0.05) is 6.92 Å². The third-order valence-corrected chi connectivity index (χ3v) is 4.70. The highest BCUT2D eigenvalue weighted by Gasteiger charge is 2.21. The van der Waals surface area contributed by atoms with Crippen molar-refractivity contribution in [2.24, 2.45) is 0 Å². The van der Waals surface area contributed by atoms with Crippen molar-refractivity contribution < 1.29 is 18.5 Å². The van der Waals surface area contributed by atoms with E-state index in [-0.39, 0.29) is 5.78 Å². The summed E-state index contributed by atoms with van der Waals surface area (Å²) in [5, 5.41) is -0.491. The van der Waals surface area contributed by atoms with Gasteiger partial charge in [0.05, 0.1) is 29.3 Å². The van der Waals surface area contributed by atoms with Gasteiger partial charge in [0.25, 0.3) is 0 Å². The molecule has 0 aromatic heterocycles. The lowest BCUT2D eigenvalue weighted by Gasteiger charge is -2.12. The Labute approximate surface area is 115 Å². The van der Waals surface area contributed by atoms with Gasteiger partial charge in [0.15, 0.2) is 11.5 Å². The molecule has 19 heavy (non-hydrogen) atoms. The number of rotatable bonds is 4. The number of ketones is 1. The second-order valence-corrected chi connectivity index (χ2v) is 6.19. The molecule has 104 valence electrons. The Morgan fingerprint density at radius 2 is 2.00 bits per heavy atom. The Hall–Kier alpha value is -1.36. The molecule has 1 aromatic carbocycles. The highest BCUT2D eigenvalue weighted by atomic mass is 32.2. The van der Waals surface area contributed by atoms with Gasteiger partial charge in [-0.05, 0) is 19.1 Å². The van der Waals surface area contributed by atoms with E-state index in [1.165, 1.54) is 0 Å². The van der Waals surface area contributed by atoms with Crippen molar-refractivity contribution in [3.8, 4) is 11.5 Å². The first-order chi connectivity index (χ1) is 9.13. The summed E-state index contributed by atoms with van der Waals surface area (Å²) in [5.74, 6) is 1.29. The molecule has 0 radical (unpaired) electrons. The van der Waals surface area contributed by atoms with Crippen LogP contribution in [0, 0.1) is 0 Å². The zero-order chi connectivity index (χ0) is 13.8. The Balaban J connectivity index is 2.24. The van der Waals surface area contributed by atoms with Gasteiger partial charge < -0.3 is 9.47 Å². The predicted molar refractivity (Wildman–Crippen MR) is 73.2 cm³/mol. The van der Waals surface area contributed by atoms with E-state index in [4.69, 9.17) is 9.47 Å². The maximum absolute atomic E-state index is 12.3. The first-order valence-corrected chi connectivity index (χ1v) is 7.67. The Morgan fingerprint density at radius 3 is 2.68 bits per heavy atom. The summed E-state index contributed by atoms with van der Waals surface area (Å²) < 4.78 is 23.4. The molecule has 2 unspecified atom stereocenters. The van der Waals surface area contributed by atoms with Crippen molar-refractivity contribution in [3.05, 3.63) is 18.2 Å². The average Bonchev–Trinajstić information content (AvgIpc) is 2.69. The minimum absolute atomic E-state index is 0.00504. The van der Waals surface area contributed by atoms with E-state index < -0.39 is 16.0 Å². The Kier molecular flexibility index (Phi) is 4.58. The molecule has 1 aliphatic heterocycles. The topological polar surface area (TPSA) is 52.6 Å². The number of Topliss-reactive ketones (excluding diaryl/α,β-unsaturated/α-hetero) is 1. The van der Waals surface area contributed by atoms with Gasteiger partial charge in [0, 0.05) is 23.8 Å². The average molecular weight is 282 g/mol. The molecule has 0 fully saturated rings. The standard InChI is InChI=1S/C14H18O4S/c1-3-12(15)10(2)19(16)11-5-6-13-14(9-11)18-8-4-7-17-13/h5-6,9-10H,3-4,7-8H2,1-2H3. The van der Waals surface area contributed by atoms with Crippen molar-refractivity contribution in [1.82, 2.24) is 0 Å². The first-order valence-electron chi connectivity index (χ1n) is 6.46. The van der Waals surface area contributed by atoms with Gasteiger partial charge >= 0.3 is 0 Å². The molecular weight excluding hydrogens is 264 g/mol. The highest BCUT2D eigenvalue weighted by Crippen LogP contribution is 2.32. The quantitative estimate of drug-likeness (QED) is 0.850. The van der Waals surface area contributed by atoms with Crippen molar-refractivity contribution in [2.75, 3.05) is 13.2 Å². The predicted octanol–water partition coefficient (Wildman–Crippen LogP) is 2.32. The summed E-state index contributed by atoms with van der Waals surface area (Å²) in [6, 6.07) is 5.22. The number of carbonyl (C=O) groups is 1. The lowest BCUT2D eigenvalue weighted by Crippen LogP contribution is -2.21. The smallest absolute Gasteiger partial charge is 0.162 e. The van der Waals surface area contributed by atoms with Crippen molar-refractivity contribution in [3.63, 3.8) is 0 Å². The Bertz CT molecular complexity index is 498. The van der Waals surface area contributed by atoms with Crippen LogP contribution in [0.1, 0.15) is 26.7 Å². The Morgan fingerprint density at radius 1 is 1.32 bits per heavy atom. The largest absolute Gasteiger partial charge is 0.490 e. The van der Waals surface area contributed by atoms with Crippen molar-refractivity contribution in [1.29, 1.82) is 0 Å². The number of fused-ring (bicyclic) bond motifs is 1. The van der Waals surface area contributed by atoms with Crippen LogP contribution >= 0.6 is 0 Å². The molecule has 1 heterocycles. The maximum atomic E-state index is 12.3. The summed E-state index contributed by atoms with van der Waals surface area (Å²) in [6.07, 6.45) is 1.23. The molecule has 2 atom stereocenters. The minimum Gasteiger partial charge on any atom is -0.490 e. The monoisotopic (exact) mass is 282 g/mol. The van der Waals surface area contributed by atoms with Gasteiger partial charge in [-0.2, -0.15) is 0 Å². The fourth-order valence-electron chi connectivity index (χ4n) is 1.88. The highest BCUT2D eigenvalue weighted by molar-refractivity contribution is 7.86. The van der Waals surface area contributed by atoms with Crippen molar-refractivity contribution in [2.45, 2.75) is 36.8 Å². The van der Waals surface area contributed by atoms with Crippen molar-refractivity contribution >= 4 is 16.6 Å². The molecule has 0 saturated carbocycles. The second kappa shape index (κ2) is 6.19. The number of carbonyl (C=O) groups excluding carboxylic acids is 1. The minimum atomic E-state index is -1.35. The molecule has 4 nitrogen and oxygen atoms in total. The molecule has 0 N–H and O–H groups in total. The van der Waals surface area contributed by atoms with Gasteiger partial charge in [-0.25, -0.2) is 0 Å². The van der Waals surface area contributed by atoms with E-state index in [1.807, 2.05) is 0 Å². The molecule has 0 aliphatic carbocycles. The summed E-state index contributed by atoms with van der Waals surface area (Å²) in [6.45, 7) is 4.70. The molecule has 0 saturated heterocycles. The van der Waals surface area contributed by atoms with E-state index in [2.05, 4.69) is 0 Å².